The molecule has 0 spiro atoms. The van der Waals surface area contributed by atoms with Crippen LogP contribution in [0.4, 0.5) is 5.82 Å². The zero-order chi connectivity index (χ0) is 24.7. The molecule has 3 rings (SSSR count). The number of fused-ring (bicyclic) bond motifs is 1. The lowest BCUT2D eigenvalue weighted by Gasteiger charge is -2.15. The van der Waals surface area contributed by atoms with E-state index in [0.29, 0.717) is 41.1 Å². The number of unbranched alkanes of at least 4 members (excludes halogenated alkanes) is 1. The Morgan fingerprint density at radius 2 is 1.71 bits per heavy atom. The van der Waals surface area contributed by atoms with Gasteiger partial charge in [0.2, 0.25) is 0 Å². The molecule has 0 unspecified atom stereocenters. The maximum atomic E-state index is 12.4. The van der Waals surface area contributed by atoms with Gasteiger partial charge in [-0.2, -0.15) is 0 Å². The van der Waals surface area contributed by atoms with Gasteiger partial charge in [-0.1, -0.05) is 18.2 Å². The van der Waals surface area contributed by atoms with Gasteiger partial charge in [-0.15, -0.1) is 0 Å². The summed E-state index contributed by atoms with van der Waals surface area (Å²) in [5.74, 6) is 0.231. The number of carbonyl (C=O) groups excluding carboxylic acids is 2. The molecule has 0 saturated carbocycles. The molecule has 3 aromatic rings. The van der Waals surface area contributed by atoms with Gasteiger partial charge in [-0.3, -0.25) is 25.0 Å². The first-order valence-corrected chi connectivity index (χ1v) is 11.3. The third kappa shape index (κ3) is 6.06. The second kappa shape index (κ2) is 11.2. The molecule has 5 N–H and O–H groups in total. The summed E-state index contributed by atoms with van der Waals surface area (Å²) in [5.41, 5.74) is 2.30. The van der Waals surface area contributed by atoms with E-state index in [4.69, 9.17) is 10.8 Å². The topological polar surface area (TPSA) is 136 Å². The first-order valence-electron chi connectivity index (χ1n) is 11.3. The molecule has 0 atom stereocenters. The third-order valence-electron chi connectivity index (χ3n) is 5.13. The van der Waals surface area contributed by atoms with Gasteiger partial charge in [0.05, 0.1) is 11.0 Å². The Bertz CT molecular complexity index is 1250. The fraction of sp³-hybridized carbons (Fsp3) is 0.320. The molecule has 1 heterocycles. The van der Waals surface area contributed by atoms with E-state index in [9.17, 15) is 9.59 Å². The van der Waals surface area contributed by atoms with Crippen molar-refractivity contribution in [1.82, 2.24) is 20.2 Å². The maximum Gasteiger partial charge on any atom is 0.251 e. The van der Waals surface area contributed by atoms with Crippen molar-refractivity contribution < 1.29 is 9.59 Å². The van der Waals surface area contributed by atoms with Crippen LogP contribution in [-0.4, -0.2) is 46.3 Å². The summed E-state index contributed by atoms with van der Waals surface area (Å²) in [4.78, 5) is 29.1. The molecule has 9 nitrogen and oxygen atoms in total. The number of rotatable bonds is 9. The highest BCUT2D eigenvalue weighted by atomic mass is 16.2. The second-order valence-corrected chi connectivity index (χ2v) is 8.32. The minimum atomic E-state index is -0.196. The molecule has 9 heteroatoms. The van der Waals surface area contributed by atoms with Gasteiger partial charge >= 0.3 is 0 Å². The number of hydrogen-bond acceptors (Lipinski definition) is 6. The van der Waals surface area contributed by atoms with Gasteiger partial charge in [0, 0.05) is 30.3 Å². The van der Waals surface area contributed by atoms with E-state index in [1.54, 1.807) is 37.3 Å². The first kappa shape index (κ1) is 24.6. The van der Waals surface area contributed by atoms with Gasteiger partial charge in [-0.05, 0) is 63.9 Å². The number of nitrogens with one attached hydrogen (secondary N) is 5. The zero-order valence-electron chi connectivity index (χ0n) is 19.7. The summed E-state index contributed by atoms with van der Waals surface area (Å²) < 4.78 is 1.49. The molecule has 0 radical (unpaired) electrons. The summed E-state index contributed by atoms with van der Waals surface area (Å²) in [7, 11) is 0. The number of anilines is 1. The zero-order valence-corrected chi connectivity index (χ0v) is 19.7. The van der Waals surface area contributed by atoms with Crippen molar-refractivity contribution in [2.24, 2.45) is 0 Å². The molecular weight excluding hydrogens is 430 g/mol. The van der Waals surface area contributed by atoms with Crippen molar-refractivity contribution in [3.05, 3.63) is 65.1 Å². The van der Waals surface area contributed by atoms with E-state index in [2.05, 4.69) is 20.9 Å². The lowest BCUT2D eigenvalue weighted by Crippen LogP contribution is -2.31. The monoisotopic (exact) mass is 461 g/mol. The lowest BCUT2D eigenvalue weighted by atomic mass is 10.1. The Balaban J connectivity index is 1.67. The Hall–Kier alpha value is -4.01. The molecular formula is C25H31N7O2. The Morgan fingerprint density at radius 1 is 1.00 bits per heavy atom. The van der Waals surface area contributed by atoms with Crippen LogP contribution in [0.5, 0.6) is 0 Å². The Morgan fingerprint density at radius 3 is 2.38 bits per heavy atom. The summed E-state index contributed by atoms with van der Waals surface area (Å²) in [6.45, 7) is 6.49. The highest BCUT2D eigenvalue weighted by molar-refractivity contribution is 5.99. The molecule has 0 bridgehead atoms. The normalized spacial score (nSPS) is 10.8. The van der Waals surface area contributed by atoms with E-state index in [1.807, 2.05) is 32.0 Å². The van der Waals surface area contributed by atoms with Gasteiger partial charge < -0.3 is 16.0 Å². The van der Waals surface area contributed by atoms with E-state index < -0.39 is 0 Å². The number of amides is 2. The van der Waals surface area contributed by atoms with Crippen LogP contribution < -0.4 is 21.4 Å². The highest BCUT2D eigenvalue weighted by Gasteiger charge is 2.13. The minimum absolute atomic E-state index is 0.00948. The average Bonchev–Trinajstić information content (AvgIpc) is 2.80. The van der Waals surface area contributed by atoms with Crippen molar-refractivity contribution in [1.29, 1.82) is 10.8 Å². The van der Waals surface area contributed by atoms with Crippen LogP contribution in [0.3, 0.4) is 0 Å². The SMILES string of the molecule is CC(=N)n1c(=N)c(NCCCCNC(=O)c2ccccc2)nc2cc(C(=O)NC(C)C)ccc21. The Labute approximate surface area is 198 Å². The van der Waals surface area contributed by atoms with Crippen molar-refractivity contribution >= 4 is 34.5 Å². The second-order valence-electron chi connectivity index (χ2n) is 8.32. The molecule has 34 heavy (non-hydrogen) atoms. The van der Waals surface area contributed by atoms with Crippen LogP contribution in [0.2, 0.25) is 0 Å². The van der Waals surface area contributed by atoms with E-state index in [0.717, 1.165) is 12.8 Å². The van der Waals surface area contributed by atoms with Gasteiger partial charge in [0.15, 0.2) is 11.3 Å². The first-order chi connectivity index (χ1) is 16.3. The van der Waals surface area contributed by atoms with Crippen molar-refractivity contribution in [3.63, 3.8) is 0 Å². The summed E-state index contributed by atoms with van der Waals surface area (Å²) >= 11 is 0. The fourth-order valence-corrected chi connectivity index (χ4v) is 3.51. The van der Waals surface area contributed by atoms with E-state index in [-0.39, 0.29) is 29.2 Å². The third-order valence-corrected chi connectivity index (χ3v) is 5.13. The molecule has 2 amide bonds. The molecule has 2 aromatic carbocycles. The quantitative estimate of drug-likeness (QED) is 0.190. The predicted octanol–water partition coefficient (Wildman–Crippen LogP) is 3.12. The van der Waals surface area contributed by atoms with Gasteiger partial charge in [-0.25, -0.2) is 4.98 Å². The molecule has 0 aliphatic heterocycles. The predicted molar refractivity (Wildman–Crippen MR) is 133 cm³/mol. The molecule has 0 aliphatic rings. The van der Waals surface area contributed by atoms with Gasteiger partial charge in [0.25, 0.3) is 11.8 Å². The van der Waals surface area contributed by atoms with Crippen LogP contribution in [0, 0.1) is 10.8 Å². The maximum absolute atomic E-state index is 12.4. The van der Waals surface area contributed by atoms with Gasteiger partial charge in [0.1, 0.15) is 5.84 Å². The minimum Gasteiger partial charge on any atom is -0.367 e. The molecule has 178 valence electrons. The van der Waals surface area contributed by atoms with E-state index in [1.165, 1.54) is 4.57 Å². The fourth-order valence-electron chi connectivity index (χ4n) is 3.51. The number of aromatic nitrogens is 2. The van der Waals surface area contributed by atoms with Crippen molar-refractivity contribution in [2.45, 2.75) is 39.7 Å². The molecule has 1 aromatic heterocycles. The van der Waals surface area contributed by atoms with Crippen LogP contribution in [0.15, 0.2) is 48.5 Å². The molecule has 0 fully saturated rings. The largest absolute Gasteiger partial charge is 0.367 e. The lowest BCUT2D eigenvalue weighted by molar-refractivity contribution is 0.0938. The number of hydrogen-bond donors (Lipinski definition) is 5. The summed E-state index contributed by atoms with van der Waals surface area (Å²) in [6.07, 6.45) is 1.52. The number of benzene rings is 2. The average molecular weight is 462 g/mol. The molecule has 0 saturated heterocycles. The van der Waals surface area contributed by atoms with Crippen molar-refractivity contribution in [3.8, 4) is 0 Å². The Kier molecular flexibility index (Phi) is 8.13. The summed E-state index contributed by atoms with van der Waals surface area (Å²) in [6, 6.07) is 14.2. The standard InChI is InChI=1S/C25H31N7O2/c1-16(2)30-25(34)19-11-12-21-20(15-19)31-23(22(27)32(21)17(3)26)28-13-7-8-14-29-24(33)18-9-5-4-6-10-18/h4-6,9-12,15-16,26-27H,7-8,13-14H2,1-3H3,(H,28,31)(H,29,33)(H,30,34). The van der Waals surface area contributed by atoms with E-state index >= 15 is 0 Å². The molecule has 0 aliphatic carbocycles. The van der Waals surface area contributed by atoms with Crippen LogP contribution in [0.1, 0.15) is 54.3 Å². The highest BCUT2D eigenvalue weighted by Crippen LogP contribution is 2.15. The number of nitrogens with zero attached hydrogens (tertiary/aromatic N) is 2. The smallest absolute Gasteiger partial charge is 0.251 e. The number of carbonyl (C=O) groups is 2. The summed E-state index contributed by atoms with van der Waals surface area (Å²) in [5, 5.41) is 25.6. The van der Waals surface area contributed by atoms with Crippen molar-refractivity contribution in [2.75, 3.05) is 18.4 Å². The van der Waals surface area contributed by atoms with Crippen LogP contribution in [-0.2, 0) is 0 Å². The van der Waals surface area contributed by atoms with Crippen LogP contribution in [0.25, 0.3) is 11.0 Å². The van der Waals surface area contributed by atoms with Crippen LogP contribution >= 0.6 is 0 Å².